The zero-order chi connectivity index (χ0) is 16.8. The first-order valence-corrected chi connectivity index (χ1v) is 7.82. The Morgan fingerprint density at radius 2 is 1.96 bits per heavy atom. The van der Waals surface area contributed by atoms with Gasteiger partial charge in [-0.2, -0.15) is 0 Å². The molecule has 0 fully saturated rings. The monoisotopic (exact) mass is 355 g/mol. The lowest BCUT2D eigenvalue weighted by molar-refractivity contribution is -0.123. The molecule has 0 heterocycles. The Labute approximate surface area is 144 Å². The summed E-state index contributed by atoms with van der Waals surface area (Å²) in [7, 11) is 0. The van der Waals surface area contributed by atoms with Crippen LogP contribution < -0.4 is 10.1 Å². The molecule has 6 heteroatoms. The van der Waals surface area contributed by atoms with E-state index in [2.05, 4.69) is 5.32 Å². The minimum Gasteiger partial charge on any atom is -0.484 e. The van der Waals surface area contributed by atoms with Crippen molar-refractivity contribution in [2.24, 2.45) is 0 Å². The Bertz CT molecular complexity index is 694. The molecule has 2 aromatic carbocycles. The van der Waals surface area contributed by atoms with Crippen molar-refractivity contribution in [2.75, 3.05) is 6.61 Å². The number of carbonyl (C=O) groups excluding carboxylic acids is 1. The molecule has 2 aromatic rings. The fourth-order valence-electron chi connectivity index (χ4n) is 2.08. The number of hydrogen-bond donors (Lipinski definition) is 1. The third kappa shape index (κ3) is 5.41. The minimum atomic E-state index is -0.292. The molecule has 1 N–H and O–H groups in total. The van der Waals surface area contributed by atoms with Crippen LogP contribution in [0.5, 0.6) is 5.75 Å². The lowest BCUT2D eigenvalue weighted by Crippen LogP contribution is -2.37. The van der Waals surface area contributed by atoms with Gasteiger partial charge in [-0.1, -0.05) is 41.4 Å². The van der Waals surface area contributed by atoms with Crippen molar-refractivity contribution < 1.29 is 13.9 Å². The van der Waals surface area contributed by atoms with E-state index in [-0.39, 0.29) is 24.4 Å². The largest absolute Gasteiger partial charge is 0.484 e. The van der Waals surface area contributed by atoms with E-state index in [4.69, 9.17) is 27.9 Å². The molecule has 0 spiro atoms. The van der Waals surface area contributed by atoms with Crippen LogP contribution in [0.1, 0.15) is 12.5 Å². The summed E-state index contributed by atoms with van der Waals surface area (Å²) in [6.07, 6.45) is 0.408. The average Bonchev–Trinajstić information content (AvgIpc) is 2.51. The number of ether oxygens (including phenoxy) is 1. The number of nitrogens with one attached hydrogen (secondary N) is 1. The molecule has 0 bridgehead atoms. The van der Waals surface area contributed by atoms with Gasteiger partial charge in [0.2, 0.25) is 0 Å². The second-order valence-corrected chi connectivity index (χ2v) is 5.94. The van der Waals surface area contributed by atoms with Gasteiger partial charge in [-0.15, -0.1) is 0 Å². The van der Waals surface area contributed by atoms with Crippen LogP contribution in [-0.4, -0.2) is 18.6 Å². The quantitative estimate of drug-likeness (QED) is 0.840. The lowest BCUT2D eigenvalue weighted by atomic mass is 10.1. The Kier molecular flexibility index (Phi) is 6.25. The molecule has 0 aliphatic rings. The fourth-order valence-corrected chi connectivity index (χ4v) is 2.36. The Hall–Kier alpha value is -1.78. The number of carbonyl (C=O) groups is 1. The predicted octanol–water partition coefficient (Wildman–Crippen LogP) is 4.26. The van der Waals surface area contributed by atoms with Gasteiger partial charge in [0.15, 0.2) is 6.61 Å². The van der Waals surface area contributed by atoms with Gasteiger partial charge in [-0.25, -0.2) is 4.39 Å². The summed E-state index contributed by atoms with van der Waals surface area (Å²) in [6.45, 7) is 1.66. The maximum atomic E-state index is 13.6. The molecule has 0 saturated carbocycles. The normalized spacial score (nSPS) is 11.8. The van der Waals surface area contributed by atoms with Gasteiger partial charge in [0, 0.05) is 12.1 Å². The SMILES string of the molecule is CC(Cc1ccccc1F)NC(=O)COc1ccc(Cl)c(Cl)c1. The number of amides is 1. The summed E-state index contributed by atoms with van der Waals surface area (Å²) in [5.41, 5.74) is 0.561. The maximum Gasteiger partial charge on any atom is 0.258 e. The van der Waals surface area contributed by atoms with Crippen molar-refractivity contribution in [3.63, 3.8) is 0 Å². The molecular weight excluding hydrogens is 340 g/mol. The third-order valence-corrected chi connectivity index (χ3v) is 3.89. The number of halogens is 3. The van der Waals surface area contributed by atoms with Crippen molar-refractivity contribution >= 4 is 29.1 Å². The summed E-state index contributed by atoms with van der Waals surface area (Å²) >= 11 is 11.7. The zero-order valence-corrected chi connectivity index (χ0v) is 14.0. The second-order valence-electron chi connectivity index (χ2n) is 5.13. The molecule has 0 aliphatic heterocycles. The number of benzene rings is 2. The maximum absolute atomic E-state index is 13.6. The van der Waals surface area contributed by atoms with Gasteiger partial charge >= 0.3 is 0 Å². The van der Waals surface area contributed by atoms with Crippen LogP contribution in [0.25, 0.3) is 0 Å². The van der Waals surface area contributed by atoms with Gasteiger partial charge in [0.25, 0.3) is 5.91 Å². The summed E-state index contributed by atoms with van der Waals surface area (Å²) in [4.78, 5) is 11.9. The summed E-state index contributed by atoms with van der Waals surface area (Å²) < 4.78 is 18.9. The van der Waals surface area contributed by atoms with Crippen LogP contribution in [-0.2, 0) is 11.2 Å². The van der Waals surface area contributed by atoms with Gasteiger partial charge in [-0.05, 0) is 37.1 Å². The Morgan fingerprint density at radius 3 is 2.65 bits per heavy atom. The molecule has 23 heavy (non-hydrogen) atoms. The number of hydrogen-bond acceptors (Lipinski definition) is 2. The van der Waals surface area contributed by atoms with Crippen LogP contribution in [0.15, 0.2) is 42.5 Å². The van der Waals surface area contributed by atoms with Gasteiger partial charge < -0.3 is 10.1 Å². The molecule has 2 rings (SSSR count). The summed E-state index contributed by atoms with van der Waals surface area (Å²) in [5.74, 6) is -0.114. The van der Waals surface area contributed by atoms with Crippen molar-refractivity contribution in [1.82, 2.24) is 5.32 Å². The van der Waals surface area contributed by atoms with Crippen molar-refractivity contribution in [3.05, 3.63) is 63.9 Å². The molecular formula is C17H16Cl2FNO2. The molecule has 0 aliphatic carbocycles. The Morgan fingerprint density at radius 1 is 1.22 bits per heavy atom. The molecule has 0 aromatic heterocycles. The first-order valence-electron chi connectivity index (χ1n) is 7.06. The average molecular weight is 356 g/mol. The molecule has 122 valence electrons. The molecule has 0 saturated heterocycles. The highest BCUT2D eigenvalue weighted by Gasteiger charge is 2.11. The van der Waals surface area contributed by atoms with Crippen LogP contribution in [0.2, 0.25) is 10.0 Å². The molecule has 1 atom stereocenters. The van der Waals surface area contributed by atoms with Gasteiger partial charge in [0.05, 0.1) is 10.0 Å². The summed E-state index contributed by atoms with van der Waals surface area (Å²) in [6, 6.07) is 11.0. The molecule has 3 nitrogen and oxygen atoms in total. The third-order valence-electron chi connectivity index (χ3n) is 3.15. The molecule has 0 radical (unpaired) electrons. The number of rotatable bonds is 6. The standard InChI is InChI=1S/C17H16Cl2FNO2/c1-11(8-12-4-2-3-5-16(12)20)21-17(22)10-23-13-6-7-14(18)15(19)9-13/h2-7,9,11H,8,10H2,1H3,(H,21,22). The van der Waals surface area contributed by atoms with Crippen LogP contribution in [0.4, 0.5) is 4.39 Å². The minimum absolute atomic E-state index is 0.153. The second kappa shape index (κ2) is 8.18. The highest BCUT2D eigenvalue weighted by atomic mass is 35.5. The van der Waals surface area contributed by atoms with Crippen LogP contribution >= 0.6 is 23.2 Å². The van der Waals surface area contributed by atoms with E-state index < -0.39 is 0 Å². The zero-order valence-electron chi connectivity index (χ0n) is 12.5. The Balaban J connectivity index is 1.82. The topological polar surface area (TPSA) is 38.3 Å². The van der Waals surface area contributed by atoms with E-state index >= 15 is 0 Å². The van der Waals surface area contributed by atoms with Crippen LogP contribution in [0, 0.1) is 5.82 Å². The first-order chi connectivity index (χ1) is 11.0. The lowest BCUT2D eigenvalue weighted by Gasteiger charge is -2.15. The highest BCUT2D eigenvalue weighted by molar-refractivity contribution is 6.42. The van der Waals surface area contributed by atoms with E-state index in [1.165, 1.54) is 6.07 Å². The highest BCUT2D eigenvalue weighted by Crippen LogP contribution is 2.26. The van der Waals surface area contributed by atoms with E-state index in [0.717, 1.165) is 0 Å². The van der Waals surface area contributed by atoms with Crippen molar-refractivity contribution in [3.8, 4) is 5.75 Å². The van der Waals surface area contributed by atoms with E-state index in [1.807, 2.05) is 6.92 Å². The van der Waals surface area contributed by atoms with E-state index in [1.54, 1.807) is 36.4 Å². The van der Waals surface area contributed by atoms with Crippen molar-refractivity contribution in [2.45, 2.75) is 19.4 Å². The summed E-state index contributed by atoms with van der Waals surface area (Å²) in [5, 5.41) is 3.54. The van der Waals surface area contributed by atoms with Crippen molar-refractivity contribution in [1.29, 1.82) is 0 Å². The molecule has 1 amide bonds. The van der Waals surface area contributed by atoms with E-state index in [9.17, 15) is 9.18 Å². The first kappa shape index (κ1) is 17.6. The van der Waals surface area contributed by atoms with E-state index in [0.29, 0.717) is 27.8 Å². The van der Waals surface area contributed by atoms with Gasteiger partial charge in [-0.3, -0.25) is 4.79 Å². The molecule has 1 unspecified atom stereocenters. The van der Waals surface area contributed by atoms with Crippen LogP contribution in [0.3, 0.4) is 0 Å². The predicted molar refractivity (Wildman–Crippen MR) is 89.7 cm³/mol. The fraction of sp³-hybridized carbons (Fsp3) is 0.235. The van der Waals surface area contributed by atoms with Gasteiger partial charge in [0.1, 0.15) is 11.6 Å². The smallest absolute Gasteiger partial charge is 0.258 e.